The molecule has 0 aromatic heterocycles. The third-order valence-corrected chi connectivity index (χ3v) is 3.17. The number of amides is 3. The third-order valence-electron chi connectivity index (χ3n) is 3.17. The number of hydrogen-bond donors (Lipinski definition) is 2. The lowest BCUT2D eigenvalue weighted by Gasteiger charge is -2.38. The Bertz CT molecular complexity index is 298. The van der Waals surface area contributed by atoms with Crippen molar-refractivity contribution in [3.8, 4) is 0 Å². The summed E-state index contributed by atoms with van der Waals surface area (Å²) >= 11 is 0. The zero-order valence-corrected chi connectivity index (χ0v) is 11.5. The molecule has 104 valence electrons. The minimum atomic E-state index is -0.280. The monoisotopic (exact) mass is 256 g/mol. The van der Waals surface area contributed by atoms with E-state index in [1.165, 1.54) is 0 Å². The van der Waals surface area contributed by atoms with Gasteiger partial charge in [-0.25, -0.2) is 4.79 Å². The highest BCUT2D eigenvalue weighted by atomic mass is 16.2. The lowest BCUT2D eigenvalue weighted by Crippen LogP contribution is -2.57. The van der Waals surface area contributed by atoms with Crippen molar-refractivity contribution in [3.05, 3.63) is 0 Å². The first-order valence-corrected chi connectivity index (χ1v) is 6.54. The van der Waals surface area contributed by atoms with Crippen LogP contribution in [0.2, 0.25) is 0 Å². The maximum absolute atomic E-state index is 11.8. The number of primary amides is 1. The predicted molar refractivity (Wildman–Crippen MR) is 70.1 cm³/mol. The van der Waals surface area contributed by atoms with E-state index in [-0.39, 0.29) is 24.0 Å². The molecule has 1 atom stereocenters. The van der Waals surface area contributed by atoms with Crippen LogP contribution in [0.15, 0.2) is 0 Å². The summed E-state index contributed by atoms with van der Waals surface area (Å²) in [4.78, 5) is 26.9. The fraction of sp³-hybridized carbons (Fsp3) is 0.833. The van der Waals surface area contributed by atoms with E-state index < -0.39 is 0 Å². The smallest absolute Gasteiger partial charge is 0.317 e. The molecule has 3 N–H and O–H groups in total. The topological polar surface area (TPSA) is 78.7 Å². The molecule has 0 saturated carbocycles. The van der Waals surface area contributed by atoms with Gasteiger partial charge in [0.1, 0.15) is 0 Å². The molecule has 6 heteroatoms. The fourth-order valence-corrected chi connectivity index (χ4v) is 2.21. The second kappa shape index (κ2) is 6.58. The summed E-state index contributed by atoms with van der Waals surface area (Å²) in [6.45, 7) is 8.51. The van der Waals surface area contributed by atoms with Crippen LogP contribution in [0, 0.1) is 0 Å². The minimum absolute atomic E-state index is 0.0308. The van der Waals surface area contributed by atoms with Crippen LogP contribution in [-0.4, -0.2) is 60.0 Å². The van der Waals surface area contributed by atoms with Crippen molar-refractivity contribution < 1.29 is 9.59 Å². The standard InChI is InChI=1S/C12H24N4O2/c1-4-10(11(13)17)15-5-7-16(8-6-15)12(18)14-9(2)3/h9-10H,4-8H2,1-3H3,(H2,13,17)(H,14,18). The van der Waals surface area contributed by atoms with E-state index in [2.05, 4.69) is 10.2 Å². The summed E-state index contributed by atoms with van der Waals surface area (Å²) < 4.78 is 0. The predicted octanol–water partition coefficient (Wildman–Crippen LogP) is -0.0141. The Kier molecular flexibility index (Phi) is 5.40. The quantitative estimate of drug-likeness (QED) is 0.742. The number of piperazine rings is 1. The van der Waals surface area contributed by atoms with Gasteiger partial charge in [-0.3, -0.25) is 9.69 Å². The average Bonchev–Trinajstić information content (AvgIpc) is 2.29. The van der Waals surface area contributed by atoms with Gasteiger partial charge in [0, 0.05) is 32.2 Å². The molecule has 0 aromatic carbocycles. The SMILES string of the molecule is CCC(C(N)=O)N1CCN(C(=O)NC(C)C)CC1. The number of urea groups is 1. The largest absolute Gasteiger partial charge is 0.368 e. The van der Waals surface area contributed by atoms with Gasteiger partial charge in [-0.15, -0.1) is 0 Å². The Labute approximate surface area is 108 Å². The summed E-state index contributed by atoms with van der Waals surface area (Å²) in [5.41, 5.74) is 5.36. The molecule has 0 aliphatic carbocycles. The first-order valence-electron chi connectivity index (χ1n) is 6.54. The van der Waals surface area contributed by atoms with Crippen LogP contribution in [0.5, 0.6) is 0 Å². The van der Waals surface area contributed by atoms with Crippen molar-refractivity contribution in [2.24, 2.45) is 5.73 Å². The molecule has 1 heterocycles. The van der Waals surface area contributed by atoms with Crippen LogP contribution < -0.4 is 11.1 Å². The molecule has 0 bridgehead atoms. The molecule has 1 unspecified atom stereocenters. The van der Waals surface area contributed by atoms with Gasteiger partial charge in [-0.1, -0.05) is 6.92 Å². The van der Waals surface area contributed by atoms with Gasteiger partial charge in [-0.2, -0.15) is 0 Å². The fourth-order valence-electron chi connectivity index (χ4n) is 2.21. The number of nitrogens with one attached hydrogen (secondary N) is 1. The normalized spacial score (nSPS) is 18.8. The number of rotatable bonds is 4. The summed E-state index contributed by atoms with van der Waals surface area (Å²) in [6.07, 6.45) is 0.716. The lowest BCUT2D eigenvalue weighted by atomic mass is 10.1. The first kappa shape index (κ1) is 14.8. The van der Waals surface area contributed by atoms with Gasteiger partial charge in [0.15, 0.2) is 0 Å². The van der Waals surface area contributed by atoms with E-state index >= 15 is 0 Å². The molecule has 3 amide bonds. The average molecular weight is 256 g/mol. The molecule has 1 fully saturated rings. The second-order valence-electron chi connectivity index (χ2n) is 4.95. The van der Waals surface area contributed by atoms with Gasteiger partial charge in [0.25, 0.3) is 0 Å². The molecule has 0 radical (unpaired) electrons. The number of carbonyl (C=O) groups excluding carboxylic acids is 2. The Hall–Kier alpha value is -1.30. The summed E-state index contributed by atoms with van der Waals surface area (Å²) in [5.74, 6) is -0.280. The molecule has 1 aliphatic rings. The number of hydrogen-bond acceptors (Lipinski definition) is 3. The third kappa shape index (κ3) is 3.87. The van der Waals surface area contributed by atoms with Crippen LogP contribution >= 0.6 is 0 Å². The molecular weight excluding hydrogens is 232 g/mol. The Morgan fingerprint density at radius 1 is 1.22 bits per heavy atom. The number of carbonyl (C=O) groups is 2. The molecule has 0 aromatic rings. The highest BCUT2D eigenvalue weighted by molar-refractivity contribution is 5.80. The van der Waals surface area contributed by atoms with Crippen LogP contribution in [0.25, 0.3) is 0 Å². The molecule has 0 spiro atoms. The van der Waals surface area contributed by atoms with Crippen molar-refractivity contribution in [2.75, 3.05) is 26.2 Å². The molecule has 6 nitrogen and oxygen atoms in total. The van der Waals surface area contributed by atoms with Crippen LogP contribution in [0.4, 0.5) is 4.79 Å². The van der Waals surface area contributed by atoms with E-state index in [1.807, 2.05) is 20.8 Å². The van der Waals surface area contributed by atoms with Crippen molar-refractivity contribution in [2.45, 2.75) is 39.3 Å². The highest BCUT2D eigenvalue weighted by Gasteiger charge is 2.27. The Morgan fingerprint density at radius 2 is 1.78 bits per heavy atom. The van der Waals surface area contributed by atoms with Crippen LogP contribution in [0.1, 0.15) is 27.2 Å². The maximum Gasteiger partial charge on any atom is 0.317 e. The Balaban J connectivity index is 2.45. The van der Waals surface area contributed by atoms with Crippen molar-refractivity contribution in [1.29, 1.82) is 0 Å². The lowest BCUT2D eigenvalue weighted by molar-refractivity contribution is -0.123. The van der Waals surface area contributed by atoms with Crippen molar-refractivity contribution in [1.82, 2.24) is 15.1 Å². The molecule has 1 aliphatic heterocycles. The van der Waals surface area contributed by atoms with E-state index in [9.17, 15) is 9.59 Å². The van der Waals surface area contributed by atoms with Gasteiger partial charge >= 0.3 is 6.03 Å². The zero-order valence-electron chi connectivity index (χ0n) is 11.5. The van der Waals surface area contributed by atoms with Gasteiger partial charge in [0.2, 0.25) is 5.91 Å². The first-order chi connectivity index (χ1) is 8.45. The van der Waals surface area contributed by atoms with E-state index in [1.54, 1.807) is 4.90 Å². The van der Waals surface area contributed by atoms with Gasteiger partial charge < -0.3 is 16.0 Å². The molecule has 1 saturated heterocycles. The molecule has 18 heavy (non-hydrogen) atoms. The molecule has 1 rings (SSSR count). The van der Waals surface area contributed by atoms with Crippen molar-refractivity contribution >= 4 is 11.9 Å². The van der Waals surface area contributed by atoms with Crippen LogP contribution in [0.3, 0.4) is 0 Å². The number of nitrogens with zero attached hydrogens (tertiary/aromatic N) is 2. The van der Waals surface area contributed by atoms with E-state index in [0.29, 0.717) is 32.6 Å². The highest BCUT2D eigenvalue weighted by Crippen LogP contribution is 2.09. The summed E-state index contributed by atoms with van der Waals surface area (Å²) in [7, 11) is 0. The number of nitrogens with two attached hydrogens (primary N) is 1. The van der Waals surface area contributed by atoms with Gasteiger partial charge in [0.05, 0.1) is 6.04 Å². The minimum Gasteiger partial charge on any atom is -0.368 e. The van der Waals surface area contributed by atoms with Crippen LogP contribution in [-0.2, 0) is 4.79 Å². The van der Waals surface area contributed by atoms with Gasteiger partial charge in [-0.05, 0) is 20.3 Å². The van der Waals surface area contributed by atoms with Crippen molar-refractivity contribution in [3.63, 3.8) is 0 Å². The summed E-state index contributed by atoms with van der Waals surface area (Å²) in [5, 5.41) is 2.87. The molecular formula is C12H24N4O2. The Morgan fingerprint density at radius 3 is 2.17 bits per heavy atom. The van der Waals surface area contributed by atoms with E-state index in [4.69, 9.17) is 5.73 Å². The van der Waals surface area contributed by atoms with E-state index in [0.717, 1.165) is 0 Å². The summed E-state index contributed by atoms with van der Waals surface area (Å²) in [6, 6.07) is -0.0957. The second-order valence-corrected chi connectivity index (χ2v) is 4.95. The zero-order chi connectivity index (χ0) is 13.7. The maximum atomic E-state index is 11.8.